The molecule has 2 aliphatic rings. The van der Waals surface area contributed by atoms with E-state index in [1.807, 2.05) is 42.5 Å². The van der Waals surface area contributed by atoms with Gasteiger partial charge in [-0.1, -0.05) is 78.9 Å². The maximum Gasteiger partial charge on any atom is 0.162 e. The van der Waals surface area contributed by atoms with Crippen LogP contribution in [0.5, 0.6) is 5.75 Å². The Morgan fingerprint density at radius 1 is 0.760 bits per heavy atom. The number of fused-ring (bicyclic) bond motifs is 3. The summed E-state index contributed by atoms with van der Waals surface area (Å²) < 4.78 is 6.06. The Hall–Kier alpha value is -3.20. The lowest BCUT2D eigenvalue weighted by Gasteiger charge is -2.35. The number of hydrogen-bond donors (Lipinski definition) is 0. The van der Waals surface area contributed by atoms with E-state index in [0.29, 0.717) is 6.61 Å². The van der Waals surface area contributed by atoms with Crippen LogP contribution in [0.25, 0.3) is 5.70 Å². The minimum Gasteiger partial charge on any atom is -0.489 e. The van der Waals surface area contributed by atoms with Gasteiger partial charge in [-0.15, -0.1) is 0 Å². The van der Waals surface area contributed by atoms with Crippen molar-refractivity contribution in [3.05, 3.63) is 107 Å². The lowest BCUT2D eigenvalue weighted by atomic mass is 9.75. The third-order valence-electron chi connectivity index (χ3n) is 4.91. The summed E-state index contributed by atoms with van der Waals surface area (Å²) in [6.45, 7) is 0.489. The molecule has 3 nitrogen and oxygen atoms in total. The lowest BCUT2D eigenvalue weighted by molar-refractivity contribution is 0.302. The summed E-state index contributed by atoms with van der Waals surface area (Å²) in [6.07, 6.45) is 0. The van der Waals surface area contributed by atoms with Crippen molar-refractivity contribution in [1.82, 2.24) is 0 Å². The molecule has 0 N–H and O–H groups in total. The van der Waals surface area contributed by atoms with Crippen molar-refractivity contribution in [2.75, 3.05) is 6.61 Å². The highest BCUT2D eigenvalue weighted by Crippen LogP contribution is 2.53. The maximum absolute atomic E-state index is 6.06. The molecule has 0 radical (unpaired) electrons. The summed E-state index contributed by atoms with van der Waals surface area (Å²) in [6, 6.07) is 28.7. The normalized spacial score (nSPS) is 20.8. The highest BCUT2D eigenvalue weighted by molar-refractivity contribution is 5.76. The topological polar surface area (TPSA) is 34.0 Å². The van der Waals surface area contributed by atoms with Gasteiger partial charge in [-0.2, -0.15) is 10.2 Å². The minimum atomic E-state index is -0.596. The van der Waals surface area contributed by atoms with Gasteiger partial charge in [-0.3, -0.25) is 0 Å². The zero-order chi connectivity index (χ0) is 16.7. The van der Waals surface area contributed by atoms with Gasteiger partial charge < -0.3 is 4.74 Å². The van der Waals surface area contributed by atoms with Gasteiger partial charge >= 0.3 is 0 Å². The van der Waals surface area contributed by atoms with Gasteiger partial charge in [0.05, 0.1) is 5.70 Å². The third-order valence-corrected chi connectivity index (χ3v) is 4.91. The number of ether oxygens (including phenoxy) is 1. The first-order valence-electron chi connectivity index (χ1n) is 8.39. The summed E-state index contributed by atoms with van der Waals surface area (Å²) in [4.78, 5) is 0. The van der Waals surface area contributed by atoms with Crippen molar-refractivity contribution in [1.29, 1.82) is 0 Å². The van der Waals surface area contributed by atoms with Crippen LogP contribution in [-0.2, 0) is 5.54 Å². The Morgan fingerprint density at radius 2 is 1.44 bits per heavy atom. The first-order valence-corrected chi connectivity index (χ1v) is 8.39. The summed E-state index contributed by atoms with van der Waals surface area (Å²) in [7, 11) is 0. The molecule has 5 rings (SSSR count). The molecule has 3 aromatic rings. The second-order valence-electron chi connectivity index (χ2n) is 6.25. The molecule has 120 valence electrons. The number of hydrogen-bond acceptors (Lipinski definition) is 3. The smallest absolute Gasteiger partial charge is 0.162 e. The Kier molecular flexibility index (Phi) is 3.07. The predicted octanol–water partition coefficient (Wildman–Crippen LogP) is 5.20. The van der Waals surface area contributed by atoms with Gasteiger partial charge in [0, 0.05) is 16.7 Å². The van der Waals surface area contributed by atoms with Gasteiger partial charge in [0.25, 0.3) is 0 Å². The fourth-order valence-corrected chi connectivity index (χ4v) is 3.74. The molecule has 0 aliphatic carbocycles. The molecular weight excluding hydrogens is 308 g/mol. The van der Waals surface area contributed by atoms with Gasteiger partial charge in [0.2, 0.25) is 0 Å². The summed E-state index contributed by atoms with van der Waals surface area (Å²) >= 11 is 0. The van der Waals surface area contributed by atoms with Crippen molar-refractivity contribution < 1.29 is 4.74 Å². The first-order chi connectivity index (χ1) is 12.4. The van der Waals surface area contributed by atoms with Crippen molar-refractivity contribution in [2.45, 2.75) is 5.54 Å². The maximum atomic E-state index is 6.06. The Labute approximate surface area is 146 Å². The molecule has 0 saturated carbocycles. The summed E-state index contributed by atoms with van der Waals surface area (Å²) in [5.41, 5.74) is 4.67. The molecule has 0 amide bonds. The molecular formula is C22H16N2O. The van der Waals surface area contributed by atoms with E-state index in [2.05, 4.69) is 47.6 Å². The number of para-hydroxylation sites is 1. The van der Waals surface area contributed by atoms with Crippen LogP contribution in [0.15, 0.2) is 101 Å². The summed E-state index contributed by atoms with van der Waals surface area (Å²) in [5, 5.41) is 9.45. The largest absolute Gasteiger partial charge is 0.489 e. The van der Waals surface area contributed by atoms with Gasteiger partial charge in [0.15, 0.2) is 5.54 Å². The molecule has 1 unspecified atom stereocenters. The number of rotatable bonds is 2. The van der Waals surface area contributed by atoms with Crippen molar-refractivity contribution in [3.63, 3.8) is 0 Å². The lowest BCUT2D eigenvalue weighted by Crippen LogP contribution is -2.33. The van der Waals surface area contributed by atoms with Crippen LogP contribution in [0.1, 0.15) is 16.7 Å². The zero-order valence-electron chi connectivity index (χ0n) is 13.6. The summed E-state index contributed by atoms with van der Waals surface area (Å²) in [5.74, 6) is 0.878. The molecule has 0 spiro atoms. The molecule has 2 heterocycles. The average Bonchev–Trinajstić information content (AvgIpc) is 3.10. The quantitative estimate of drug-likeness (QED) is 0.638. The molecule has 0 fully saturated rings. The Bertz CT molecular complexity index is 993. The number of azo groups is 1. The molecule has 1 atom stereocenters. The van der Waals surface area contributed by atoms with Gasteiger partial charge in [-0.25, -0.2) is 0 Å². The van der Waals surface area contributed by atoms with Crippen molar-refractivity contribution >= 4 is 5.70 Å². The fraction of sp³-hybridized carbons (Fsp3) is 0.0909. The second-order valence-corrected chi connectivity index (χ2v) is 6.25. The van der Waals surface area contributed by atoms with Crippen LogP contribution in [-0.4, -0.2) is 6.61 Å². The van der Waals surface area contributed by atoms with E-state index in [-0.39, 0.29) is 0 Å². The Morgan fingerprint density at radius 3 is 2.24 bits per heavy atom. The molecule has 0 bridgehead atoms. The number of nitrogens with zero attached hydrogens (tertiary/aromatic N) is 2. The molecule has 25 heavy (non-hydrogen) atoms. The SMILES string of the molecule is c1ccc(C2=C3COc4ccccc4C3(c3ccccc3)N=N2)cc1. The fourth-order valence-electron chi connectivity index (χ4n) is 3.74. The molecule has 3 heteroatoms. The predicted molar refractivity (Wildman–Crippen MR) is 97.4 cm³/mol. The third kappa shape index (κ3) is 1.99. The van der Waals surface area contributed by atoms with E-state index >= 15 is 0 Å². The standard InChI is InChI=1S/C22H16N2O/c1-3-9-16(10-4-1)21-19-15-25-20-14-8-7-13-18(20)22(19,24-23-21)17-11-5-2-6-12-17/h1-14H,15H2. The highest BCUT2D eigenvalue weighted by atomic mass is 16.5. The van der Waals surface area contributed by atoms with E-state index < -0.39 is 5.54 Å². The van der Waals surface area contributed by atoms with Crippen LogP contribution in [0, 0.1) is 0 Å². The molecule has 0 saturated heterocycles. The van der Waals surface area contributed by atoms with Gasteiger partial charge in [-0.05, 0) is 11.6 Å². The second kappa shape index (κ2) is 5.42. The van der Waals surface area contributed by atoms with Crippen LogP contribution in [0.2, 0.25) is 0 Å². The van der Waals surface area contributed by atoms with Crippen LogP contribution in [0.3, 0.4) is 0 Å². The van der Waals surface area contributed by atoms with E-state index in [9.17, 15) is 0 Å². The van der Waals surface area contributed by atoms with E-state index in [1.165, 1.54) is 0 Å². The van der Waals surface area contributed by atoms with E-state index in [1.54, 1.807) is 0 Å². The van der Waals surface area contributed by atoms with Crippen LogP contribution in [0.4, 0.5) is 0 Å². The monoisotopic (exact) mass is 324 g/mol. The Balaban J connectivity index is 1.82. The zero-order valence-corrected chi connectivity index (χ0v) is 13.6. The average molecular weight is 324 g/mol. The van der Waals surface area contributed by atoms with E-state index in [0.717, 1.165) is 33.7 Å². The minimum absolute atomic E-state index is 0.489. The first kappa shape index (κ1) is 14.2. The molecule has 2 aliphatic heterocycles. The van der Waals surface area contributed by atoms with Crippen LogP contribution >= 0.6 is 0 Å². The molecule has 3 aromatic carbocycles. The molecule has 0 aromatic heterocycles. The highest BCUT2D eigenvalue weighted by Gasteiger charge is 2.48. The number of benzene rings is 3. The van der Waals surface area contributed by atoms with Crippen molar-refractivity contribution in [3.8, 4) is 5.75 Å². The van der Waals surface area contributed by atoms with Crippen molar-refractivity contribution in [2.24, 2.45) is 10.2 Å². The van der Waals surface area contributed by atoms with E-state index in [4.69, 9.17) is 9.85 Å². The van der Waals surface area contributed by atoms with Gasteiger partial charge in [0.1, 0.15) is 12.4 Å². The van der Waals surface area contributed by atoms with Crippen LogP contribution < -0.4 is 4.74 Å².